The molecule has 0 aliphatic carbocycles. The van der Waals surface area contributed by atoms with Crippen LogP contribution in [-0.2, 0) is 21.5 Å². The molecule has 1 saturated heterocycles. The molecule has 0 unspecified atom stereocenters. The van der Waals surface area contributed by atoms with Crippen LogP contribution < -0.4 is 14.3 Å². The third kappa shape index (κ3) is 3.40. The first-order valence-corrected chi connectivity index (χ1v) is 9.14. The van der Waals surface area contributed by atoms with Gasteiger partial charge in [0.05, 0.1) is 0 Å². The number of amides is 1. The van der Waals surface area contributed by atoms with Gasteiger partial charge in [0.1, 0.15) is 23.8 Å². The number of nitrogens with one attached hydrogen (secondary N) is 2. The molecule has 26 heavy (non-hydrogen) atoms. The van der Waals surface area contributed by atoms with E-state index in [1.54, 1.807) is 4.72 Å². The molecule has 1 aromatic heterocycles. The first-order valence-electron chi connectivity index (χ1n) is 7.70. The summed E-state index contributed by atoms with van der Waals surface area (Å²) < 4.78 is 40.4. The van der Waals surface area contributed by atoms with Gasteiger partial charge in [-0.3, -0.25) is 4.79 Å². The molecule has 2 aromatic rings. The third-order valence-electron chi connectivity index (χ3n) is 3.87. The van der Waals surface area contributed by atoms with Crippen molar-refractivity contribution in [3.05, 3.63) is 46.9 Å². The topological polar surface area (TPSA) is 112 Å². The van der Waals surface area contributed by atoms with E-state index in [9.17, 15) is 22.7 Å². The van der Waals surface area contributed by atoms with E-state index in [2.05, 4.69) is 10.3 Å². The molecule has 1 aromatic carbocycles. The minimum absolute atomic E-state index is 0.173. The Hall–Kier alpha value is -2.88. The fraction of sp³-hybridized carbons (Fsp3) is 0.250. The molecule has 10 heteroatoms. The molecule has 0 spiro atoms. The van der Waals surface area contributed by atoms with Gasteiger partial charge in [-0.15, -0.1) is 0 Å². The maximum Gasteiger partial charge on any atom is 0.326 e. The number of carbonyl (C=O) groups excluding carboxylic acids is 1. The number of nitrogens with zero attached hydrogens (tertiary/aromatic N) is 2. The number of carbonyl (C=O) groups is 1. The standard InChI is InChI=1S/C16H17FN4O4S/c1-9-3-4-10(2)19-16(9)18-7-11-5-12(17)15(13(22)6-11)21-8-14(23)20-26(21,24)25/h3-6,22H,7-8H2,1-2H3,(H,18,19)(H,20,23). The SMILES string of the molecule is Cc1ccc(C)c(NCc2cc(O)c(N3CC(=O)NS3(=O)=O)c(F)c2)n1. The monoisotopic (exact) mass is 380 g/mol. The summed E-state index contributed by atoms with van der Waals surface area (Å²) in [6.45, 7) is 3.30. The summed E-state index contributed by atoms with van der Waals surface area (Å²) in [6, 6.07) is 6.11. The fourth-order valence-electron chi connectivity index (χ4n) is 2.63. The van der Waals surface area contributed by atoms with E-state index in [0.29, 0.717) is 15.7 Å². The second-order valence-corrected chi connectivity index (χ2v) is 7.55. The van der Waals surface area contributed by atoms with Gasteiger partial charge >= 0.3 is 10.2 Å². The Kier molecular flexibility index (Phi) is 4.45. The molecule has 0 bridgehead atoms. The number of hydrogen-bond acceptors (Lipinski definition) is 6. The highest BCUT2D eigenvalue weighted by molar-refractivity contribution is 7.92. The van der Waals surface area contributed by atoms with Crippen LogP contribution in [0.15, 0.2) is 24.3 Å². The summed E-state index contributed by atoms with van der Waals surface area (Å²) in [4.78, 5) is 15.6. The number of pyridine rings is 1. The number of benzene rings is 1. The third-order valence-corrected chi connectivity index (χ3v) is 5.25. The largest absolute Gasteiger partial charge is 0.506 e. The van der Waals surface area contributed by atoms with Gasteiger partial charge in [0.15, 0.2) is 5.82 Å². The molecule has 1 fully saturated rings. The maximum atomic E-state index is 14.5. The molecule has 0 atom stereocenters. The van der Waals surface area contributed by atoms with Gasteiger partial charge in [-0.2, -0.15) is 8.42 Å². The summed E-state index contributed by atoms with van der Waals surface area (Å²) in [6.07, 6.45) is 0. The van der Waals surface area contributed by atoms with E-state index in [4.69, 9.17) is 0 Å². The number of anilines is 2. The van der Waals surface area contributed by atoms with Crippen molar-refractivity contribution in [2.24, 2.45) is 0 Å². The average molecular weight is 380 g/mol. The summed E-state index contributed by atoms with van der Waals surface area (Å²) in [5, 5.41) is 13.2. The number of hydrogen-bond donors (Lipinski definition) is 3. The Labute approximate surface area is 149 Å². The number of rotatable bonds is 4. The van der Waals surface area contributed by atoms with E-state index < -0.39 is 39.9 Å². The molecule has 1 amide bonds. The summed E-state index contributed by atoms with van der Waals surface area (Å²) in [7, 11) is -4.20. The van der Waals surface area contributed by atoms with E-state index in [1.165, 1.54) is 6.07 Å². The smallest absolute Gasteiger partial charge is 0.326 e. The van der Waals surface area contributed by atoms with Gasteiger partial charge in [0.2, 0.25) is 0 Å². The van der Waals surface area contributed by atoms with Crippen molar-refractivity contribution in [2.75, 3.05) is 16.2 Å². The second kappa shape index (κ2) is 6.45. The van der Waals surface area contributed by atoms with Crippen molar-refractivity contribution in [1.29, 1.82) is 0 Å². The number of aryl methyl sites for hydroxylation is 2. The van der Waals surface area contributed by atoms with Gasteiger partial charge < -0.3 is 10.4 Å². The molecule has 3 rings (SSSR count). The van der Waals surface area contributed by atoms with Gasteiger partial charge in [-0.1, -0.05) is 6.07 Å². The van der Waals surface area contributed by atoms with Crippen LogP contribution in [0.5, 0.6) is 5.75 Å². The highest BCUT2D eigenvalue weighted by Crippen LogP contribution is 2.34. The van der Waals surface area contributed by atoms with Crippen LogP contribution in [0.25, 0.3) is 0 Å². The maximum absolute atomic E-state index is 14.5. The van der Waals surface area contributed by atoms with E-state index in [1.807, 2.05) is 26.0 Å². The molecular formula is C16H17FN4O4S. The molecule has 2 heterocycles. The predicted octanol–water partition coefficient (Wildman–Crippen LogP) is 1.34. The highest BCUT2D eigenvalue weighted by Gasteiger charge is 2.37. The molecule has 138 valence electrons. The zero-order valence-electron chi connectivity index (χ0n) is 14.1. The Bertz CT molecular complexity index is 971. The fourth-order valence-corrected chi connectivity index (χ4v) is 3.80. The number of halogens is 1. The quantitative estimate of drug-likeness (QED) is 0.738. The Balaban J connectivity index is 1.86. The molecule has 0 saturated carbocycles. The van der Waals surface area contributed by atoms with Crippen LogP contribution in [-0.4, -0.2) is 31.0 Å². The predicted molar refractivity (Wildman–Crippen MR) is 93.5 cm³/mol. The molecule has 3 N–H and O–H groups in total. The number of phenolic OH excluding ortho intramolecular Hbond substituents is 1. The minimum Gasteiger partial charge on any atom is -0.506 e. The van der Waals surface area contributed by atoms with Crippen LogP contribution in [0, 0.1) is 19.7 Å². The lowest BCUT2D eigenvalue weighted by atomic mass is 10.1. The van der Waals surface area contributed by atoms with Crippen molar-refractivity contribution in [1.82, 2.24) is 9.71 Å². The van der Waals surface area contributed by atoms with Crippen molar-refractivity contribution in [3.8, 4) is 5.75 Å². The summed E-state index contributed by atoms with van der Waals surface area (Å²) in [5.74, 6) is -1.69. The number of aromatic hydroxyl groups is 1. The highest BCUT2D eigenvalue weighted by atomic mass is 32.2. The molecule has 1 aliphatic heterocycles. The Morgan fingerprint density at radius 2 is 2.08 bits per heavy atom. The number of phenols is 1. The van der Waals surface area contributed by atoms with E-state index in [-0.39, 0.29) is 6.54 Å². The van der Waals surface area contributed by atoms with Gasteiger partial charge in [0.25, 0.3) is 5.91 Å². The number of aromatic nitrogens is 1. The van der Waals surface area contributed by atoms with Crippen molar-refractivity contribution in [3.63, 3.8) is 0 Å². The van der Waals surface area contributed by atoms with Gasteiger partial charge in [-0.25, -0.2) is 18.4 Å². The van der Waals surface area contributed by atoms with Crippen LogP contribution in [0.2, 0.25) is 0 Å². The molecule has 0 radical (unpaired) electrons. The van der Waals surface area contributed by atoms with Gasteiger partial charge in [-0.05, 0) is 43.2 Å². The van der Waals surface area contributed by atoms with Crippen LogP contribution in [0.1, 0.15) is 16.8 Å². The van der Waals surface area contributed by atoms with Gasteiger partial charge in [0, 0.05) is 12.2 Å². The van der Waals surface area contributed by atoms with Crippen LogP contribution in [0.4, 0.5) is 15.9 Å². The van der Waals surface area contributed by atoms with Crippen LogP contribution >= 0.6 is 0 Å². The normalized spacial score (nSPS) is 15.8. The lowest BCUT2D eigenvalue weighted by Gasteiger charge is -2.18. The van der Waals surface area contributed by atoms with Crippen molar-refractivity contribution >= 4 is 27.6 Å². The van der Waals surface area contributed by atoms with Crippen molar-refractivity contribution < 1.29 is 22.7 Å². The zero-order chi connectivity index (χ0) is 19.1. The molecule has 8 nitrogen and oxygen atoms in total. The van der Waals surface area contributed by atoms with E-state index >= 15 is 0 Å². The average Bonchev–Trinajstić information content (AvgIpc) is 2.80. The zero-order valence-corrected chi connectivity index (χ0v) is 14.9. The first-order chi connectivity index (χ1) is 12.2. The second-order valence-electron chi connectivity index (χ2n) is 5.95. The first kappa shape index (κ1) is 17.9. The van der Waals surface area contributed by atoms with E-state index in [0.717, 1.165) is 17.3 Å². The lowest BCUT2D eigenvalue weighted by Crippen LogP contribution is -2.30. The lowest BCUT2D eigenvalue weighted by molar-refractivity contribution is -0.117. The van der Waals surface area contributed by atoms with Crippen molar-refractivity contribution in [2.45, 2.75) is 20.4 Å². The summed E-state index contributed by atoms with van der Waals surface area (Å²) in [5.41, 5.74) is 1.56. The Morgan fingerprint density at radius 1 is 1.35 bits per heavy atom. The van der Waals surface area contributed by atoms with Crippen LogP contribution in [0.3, 0.4) is 0 Å². The minimum atomic E-state index is -4.20. The molecule has 1 aliphatic rings. The molecular weight excluding hydrogens is 363 g/mol. The summed E-state index contributed by atoms with van der Waals surface area (Å²) >= 11 is 0. The Morgan fingerprint density at radius 3 is 2.69 bits per heavy atom.